The highest BCUT2D eigenvalue weighted by Crippen LogP contribution is 2.39. The number of fused-ring (bicyclic) bond motifs is 1. The van der Waals surface area contributed by atoms with E-state index in [-0.39, 0.29) is 28.4 Å². The van der Waals surface area contributed by atoms with E-state index >= 15 is 0 Å². The van der Waals surface area contributed by atoms with Crippen molar-refractivity contribution in [3.8, 4) is 0 Å². The Morgan fingerprint density at radius 1 is 1.06 bits per heavy atom. The van der Waals surface area contributed by atoms with Crippen molar-refractivity contribution in [1.82, 2.24) is 5.32 Å². The van der Waals surface area contributed by atoms with E-state index in [1.165, 1.54) is 12.1 Å². The molecule has 0 aliphatic carbocycles. The highest BCUT2D eigenvalue weighted by molar-refractivity contribution is 6.13. The van der Waals surface area contributed by atoms with Crippen molar-refractivity contribution in [2.24, 2.45) is 5.73 Å². The van der Waals surface area contributed by atoms with E-state index in [2.05, 4.69) is 10.6 Å². The summed E-state index contributed by atoms with van der Waals surface area (Å²) < 4.78 is 53.0. The number of rotatable bonds is 4. The lowest BCUT2D eigenvalue weighted by atomic mass is 9.91. The number of nitrogens with two attached hydrogens (primary N) is 1. The van der Waals surface area contributed by atoms with Crippen molar-refractivity contribution in [2.45, 2.75) is 19.1 Å². The Morgan fingerprint density at radius 2 is 1.76 bits per heavy atom. The molecule has 0 radical (unpaired) electrons. The molecule has 3 aromatic carbocycles. The molecule has 34 heavy (non-hydrogen) atoms. The first-order chi connectivity index (χ1) is 16.0. The Labute approximate surface area is 190 Å². The normalized spacial score (nSPS) is 15.0. The Hall–Kier alpha value is -4.21. The number of hydrogen-bond acceptors (Lipinski definition) is 3. The van der Waals surface area contributed by atoms with E-state index in [0.717, 1.165) is 5.56 Å². The molecule has 0 unspecified atom stereocenters. The van der Waals surface area contributed by atoms with Crippen molar-refractivity contribution in [2.75, 3.05) is 5.32 Å². The number of alkyl halides is 3. The molecule has 10 heteroatoms. The van der Waals surface area contributed by atoms with Crippen molar-refractivity contribution in [3.63, 3.8) is 0 Å². The van der Waals surface area contributed by atoms with Crippen molar-refractivity contribution >= 4 is 23.4 Å². The predicted octanol–water partition coefficient (Wildman–Crippen LogP) is 4.34. The zero-order valence-electron chi connectivity index (χ0n) is 17.6. The first-order valence-corrected chi connectivity index (χ1v) is 9.99. The monoisotopic (exact) mass is 471 g/mol. The molecule has 174 valence electrons. The van der Waals surface area contributed by atoms with Gasteiger partial charge in [0.1, 0.15) is 5.82 Å². The first kappa shape index (κ1) is 23.0. The highest BCUT2D eigenvalue weighted by atomic mass is 19.4. The van der Waals surface area contributed by atoms with Crippen molar-refractivity contribution in [1.29, 1.82) is 0 Å². The first-order valence-electron chi connectivity index (χ1n) is 9.99. The van der Waals surface area contributed by atoms with Crippen LogP contribution in [0.3, 0.4) is 0 Å². The number of benzene rings is 3. The predicted molar refractivity (Wildman–Crippen MR) is 115 cm³/mol. The number of halogens is 4. The molecule has 0 spiro atoms. The topological polar surface area (TPSA) is 101 Å². The van der Waals surface area contributed by atoms with E-state index in [1.807, 2.05) is 0 Å². The summed E-state index contributed by atoms with van der Waals surface area (Å²) in [4.78, 5) is 37.5. The maximum Gasteiger partial charge on any atom is 0.416 e. The number of amides is 3. The van der Waals surface area contributed by atoms with E-state index in [1.54, 1.807) is 31.2 Å². The summed E-state index contributed by atoms with van der Waals surface area (Å²) in [6.07, 6.45) is -4.85. The quantitative estimate of drug-likeness (QED) is 0.494. The number of nitrogens with one attached hydrogen (secondary N) is 2. The van der Waals surface area contributed by atoms with Gasteiger partial charge in [0, 0.05) is 16.8 Å². The fourth-order valence-corrected chi connectivity index (χ4v) is 3.98. The van der Waals surface area contributed by atoms with Crippen LogP contribution in [0.25, 0.3) is 0 Å². The Bertz CT molecular complexity index is 1350. The zero-order valence-corrected chi connectivity index (χ0v) is 17.6. The summed E-state index contributed by atoms with van der Waals surface area (Å²) in [5.41, 5.74) is 5.20. The van der Waals surface area contributed by atoms with Gasteiger partial charge in [0.25, 0.3) is 11.8 Å². The molecule has 1 atom stereocenters. The molecular weight excluding hydrogens is 454 g/mol. The van der Waals surface area contributed by atoms with Gasteiger partial charge in [-0.2, -0.15) is 13.2 Å². The number of aryl methyl sites for hydroxylation is 1. The number of primary amides is 1. The lowest BCUT2D eigenvalue weighted by Crippen LogP contribution is -2.22. The summed E-state index contributed by atoms with van der Waals surface area (Å²) in [6.45, 7) is 1.81. The van der Waals surface area contributed by atoms with Crippen LogP contribution in [0.15, 0.2) is 54.6 Å². The molecule has 0 saturated heterocycles. The highest BCUT2D eigenvalue weighted by Gasteiger charge is 2.37. The maximum atomic E-state index is 13.8. The molecule has 1 aliphatic rings. The Morgan fingerprint density at radius 3 is 2.41 bits per heavy atom. The minimum Gasteiger partial charge on any atom is -0.366 e. The van der Waals surface area contributed by atoms with Gasteiger partial charge in [-0.3, -0.25) is 14.4 Å². The van der Waals surface area contributed by atoms with E-state index in [0.29, 0.717) is 17.7 Å². The molecule has 0 bridgehead atoms. The SMILES string of the molecule is Cc1ccccc1[C@H]1NC(=O)c2c(C(N)=O)ccc(NC(=O)c3cc(F)cc(C(F)(F)F)c3)c21. The van der Waals surface area contributed by atoms with Gasteiger partial charge in [-0.1, -0.05) is 24.3 Å². The lowest BCUT2D eigenvalue weighted by molar-refractivity contribution is -0.137. The van der Waals surface area contributed by atoms with Crippen molar-refractivity contribution < 1.29 is 31.9 Å². The molecule has 0 saturated carbocycles. The standard InChI is InChI=1S/C24H17F4N3O3/c1-11-4-2-3-5-15(11)20-19-17(7-6-16(21(29)32)18(19)23(34)31-20)30-22(33)12-8-13(24(26,27)28)10-14(25)9-12/h2-10,20H,1H3,(H2,29,32)(H,30,33)(H,31,34)/t20-/m1/s1. The maximum absolute atomic E-state index is 13.8. The fourth-order valence-electron chi connectivity index (χ4n) is 3.98. The molecule has 0 fully saturated rings. The molecule has 6 nitrogen and oxygen atoms in total. The van der Waals surface area contributed by atoms with Gasteiger partial charge >= 0.3 is 6.18 Å². The summed E-state index contributed by atoms with van der Waals surface area (Å²) in [6, 6.07) is 10.4. The molecule has 3 amide bonds. The molecule has 0 aromatic heterocycles. The van der Waals surface area contributed by atoms with Crippen LogP contribution in [0.2, 0.25) is 0 Å². The van der Waals surface area contributed by atoms with Crippen LogP contribution in [0.1, 0.15) is 59.4 Å². The molecule has 4 N–H and O–H groups in total. The van der Waals surface area contributed by atoms with Gasteiger partial charge in [0.2, 0.25) is 5.91 Å². The number of hydrogen-bond donors (Lipinski definition) is 3. The van der Waals surface area contributed by atoms with Gasteiger partial charge in [-0.05, 0) is 48.4 Å². The summed E-state index contributed by atoms with van der Waals surface area (Å²) in [5, 5.41) is 5.21. The smallest absolute Gasteiger partial charge is 0.366 e. The van der Waals surface area contributed by atoms with E-state index in [4.69, 9.17) is 5.73 Å². The zero-order chi connectivity index (χ0) is 24.8. The number of carbonyl (C=O) groups is 3. The van der Waals surface area contributed by atoms with Gasteiger partial charge in [-0.15, -0.1) is 0 Å². The van der Waals surface area contributed by atoms with Crippen LogP contribution < -0.4 is 16.4 Å². The minimum atomic E-state index is -4.85. The second-order valence-corrected chi connectivity index (χ2v) is 7.76. The van der Waals surface area contributed by atoms with Crippen LogP contribution in [-0.4, -0.2) is 17.7 Å². The van der Waals surface area contributed by atoms with Gasteiger partial charge < -0.3 is 16.4 Å². The van der Waals surface area contributed by atoms with Crippen LogP contribution >= 0.6 is 0 Å². The van der Waals surface area contributed by atoms with Gasteiger partial charge in [0.15, 0.2) is 0 Å². The molecule has 1 aliphatic heterocycles. The van der Waals surface area contributed by atoms with Crippen LogP contribution in [0.5, 0.6) is 0 Å². The molecule has 4 rings (SSSR count). The van der Waals surface area contributed by atoms with Crippen LogP contribution in [0, 0.1) is 12.7 Å². The lowest BCUT2D eigenvalue weighted by Gasteiger charge is -2.19. The van der Waals surface area contributed by atoms with Gasteiger partial charge in [0.05, 0.1) is 22.7 Å². The third kappa shape index (κ3) is 4.09. The van der Waals surface area contributed by atoms with E-state index < -0.39 is 46.9 Å². The summed E-state index contributed by atoms with van der Waals surface area (Å²) in [5.74, 6) is -3.72. The fraction of sp³-hybridized carbons (Fsp3) is 0.125. The minimum absolute atomic E-state index is 0.0474. The molecular formula is C24H17F4N3O3. The average Bonchev–Trinajstić information content (AvgIpc) is 3.10. The third-order valence-electron chi connectivity index (χ3n) is 5.54. The second-order valence-electron chi connectivity index (χ2n) is 7.76. The Balaban J connectivity index is 1.83. The van der Waals surface area contributed by atoms with Gasteiger partial charge in [-0.25, -0.2) is 4.39 Å². The summed E-state index contributed by atoms with van der Waals surface area (Å²) in [7, 11) is 0. The largest absolute Gasteiger partial charge is 0.416 e. The van der Waals surface area contributed by atoms with Crippen molar-refractivity contribution in [3.05, 3.63) is 99.4 Å². The molecule has 3 aromatic rings. The third-order valence-corrected chi connectivity index (χ3v) is 5.54. The average molecular weight is 471 g/mol. The van der Waals surface area contributed by atoms with Crippen LogP contribution in [-0.2, 0) is 6.18 Å². The Kier molecular flexibility index (Phi) is 5.60. The van der Waals surface area contributed by atoms with E-state index in [9.17, 15) is 31.9 Å². The van der Waals surface area contributed by atoms with Crippen LogP contribution in [0.4, 0.5) is 23.2 Å². The second kappa shape index (κ2) is 8.29. The molecule has 1 heterocycles. The number of carbonyl (C=O) groups excluding carboxylic acids is 3. The number of anilines is 1. The summed E-state index contributed by atoms with van der Waals surface area (Å²) >= 11 is 0.